The third kappa shape index (κ3) is 4.40. The molecule has 6 nitrogen and oxygen atoms in total. The molecule has 0 saturated carbocycles. The highest BCUT2D eigenvalue weighted by molar-refractivity contribution is 7.08. The maximum atomic E-state index is 12.1. The third-order valence-corrected chi connectivity index (χ3v) is 4.37. The predicted molar refractivity (Wildman–Crippen MR) is 98.8 cm³/mol. The number of carbonyl (C=O) groups excluding carboxylic acids is 1. The second-order valence-electron chi connectivity index (χ2n) is 5.76. The lowest BCUT2D eigenvalue weighted by Crippen LogP contribution is -2.30. The first-order valence-corrected chi connectivity index (χ1v) is 8.68. The van der Waals surface area contributed by atoms with E-state index in [9.17, 15) is 9.90 Å². The van der Waals surface area contributed by atoms with E-state index in [1.807, 2.05) is 35.0 Å². The lowest BCUT2D eigenvalue weighted by molar-refractivity contribution is 0.0718. The second-order valence-corrected chi connectivity index (χ2v) is 6.54. The zero-order valence-corrected chi connectivity index (χ0v) is 14.5. The van der Waals surface area contributed by atoms with Gasteiger partial charge in [-0.05, 0) is 53.6 Å². The standard InChI is InChI=1S/C18H18N4O2S/c1-18(24,13-9-10-25-11-13)12-19-16-8-7-15(21-22-16)17(23)20-14-5-3-2-4-6-14/h2-11,24H,12H2,1H3,(H,19,22)(H,20,23). The highest BCUT2D eigenvalue weighted by Gasteiger charge is 2.23. The molecule has 0 bridgehead atoms. The summed E-state index contributed by atoms with van der Waals surface area (Å²) in [5.74, 6) is 0.169. The van der Waals surface area contributed by atoms with Crippen LogP contribution >= 0.6 is 11.3 Å². The van der Waals surface area contributed by atoms with E-state index in [1.165, 1.54) is 11.3 Å². The summed E-state index contributed by atoms with van der Waals surface area (Å²) in [4.78, 5) is 12.1. The number of hydrogen-bond acceptors (Lipinski definition) is 6. The molecule has 2 heterocycles. The van der Waals surface area contributed by atoms with Crippen LogP contribution in [0.15, 0.2) is 59.3 Å². The molecule has 0 fully saturated rings. The Hall–Kier alpha value is -2.77. The van der Waals surface area contributed by atoms with Gasteiger partial charge in [-0.2, -0.15) is 11.3 Å². The van der Waals surface area contributed by atoms with Gasteiger partial charge in [0.1, 0.15) is 11.4 Å². The average Bonchev–Trinajstić information content (AvgIpc) is 3.17. The molecule has 128 valence electrons. The second kappa shape index (κ2) is 7.42. The van der Waals surface area contributed by atoms with Gasteiger partial charge in [0.2, 0.25) is 0 Å². The van der Waals surface area contributed by atoms with Crippen LogP contribution in [0.3, 0.4) is 0 Å². The highest BCUT2D eigenvalue weighted by Crippen LogP contribution is 2.23. The number of hydrogen-bond donors (Lipinski definition) is 3. The van der Waals surface area contributed by atoms with Crippen LogP contribution in [0.4, 0.5) is 11.5 Å². The molecule has 0 aliphatic rings. The van der Waals surface area contributed by atoms with Crippen molar-refractivity contribution in [1.29, 1.82) is 0 Å². The number of thiophene rings is 1. The summed E-state index contributed by atoms with van der Waals surface area (Å²) < 4.78 is 0. The Bertz CT molecular complexity index is 818. The summed E-state index contributed by atoms with van der Waals surface area (Å²) in [6.45, 7) is 2.02. The minimum absolute atomic E-state index is 0.221. The Labute approximate surface area is 149 Å². The summed E-state index contributed by atoms with van der Waals surface area (Å²) >= 11 is 1.53. The number of nitrogens with zero attached hydrogens (tertiary/aromatic N) is 2. The fourth-order valence-electron chi connectivity index (χ4n) is 2.20. The van der Waals surface area contributed by atoms with Crippen molar-refractivity contribution in [2.45, 2.75) is 12.5 Å². The first-order valence-electron chi connectivity index (χ1n) is 7.74. The lowest BCUT2D eigenvalue weighted by atomic mass is 9.99. The monoisotopic (exact) mass is 354 g/mol. The molecule has 3 rings (SSSR count). The number of nitrogens with one attached hydrogen (secondary N) is 2. The summed E-state index contributed by atoms with van der Waals surface area (Å²) in [7, 11) is 0. The van der Waals surface area contributed by atoms with Crippen LogP contribution in [0.25, 0.3) is 0 Å². The molecule has 0 aliphatic carbocycles. The van der Waals surface area contributed by atoms with Gasteiger partial charge in [-0.3, -0.25) is 4.79 Å². The Balaban J connectivity index is 1.59. The molecule has 7 heteroatoms. The van der Waals surface area contributed by atoms with Gasteiger partial charge in [0.05, 0.1) is 0 Å². The van der Waals surface area contributed by atoms with Crippen molar-refractivity contribution in [2.24, 2.45) is 0 Å². The molecule has 1 aromatic carbocycles. The first kappa shape index (κ1) is 17.1. The molecule has 1 amide bonds. The van der Waals surface area contributed by atoms with Crippen molar-refractivity contribution >= 4 is 28.7 Å². The number of aliphatic hydroxyl groups is 1. The first-order chi connectivity index (χ1) is 12.0. The summed E-state index contributed by atoms with van der Waals surface area (Å²) in [6, 6.07) is 14.3. The van der Waals surface area contributed by atoms with Gasteiger partial charge in [-0.1, -0.05) is 18.2 Å². The van der Waals surface area contributed by atoms with Gasteiger partial charge in [-0.25, -0.2) is 0 Å². The molecule has 2 aromatic heterocycles. The van der Waals surface area contributed by atoms with Crippen molar-refractivity contribution in [1.82, 2.24) is 10.2 Å². The number of rotatable bonds is 6. The number of anilines is 2. The Morgan fingerprint density at radius 2 is 1.96 bits per heavy atom. The van der Waals surface area contributed by atoms with E-state index in [1.54, 1.807) is 31.2 Å². The van der Waals surface area contributed by atoms with Crippen molar-refractivity contribution in [3.8, 4) is 0 Å². The van der Waals surface area contributed by atoms with E-state index < -0.39 is 5.60 Å². The van der Waals surface area contributed by atoms with Crippen LogP contribution in [-0.2, 0) is 5.60 Å². The zero-order chi connectivity index (χ0) is 17.7. The van der Waals surface area contributed by atoms with Crippen LogP contribution in [0.1, 0.15) is 23.0 Å². The minimum Gasteiger partial charge on any atom is -0.384 e. The van der Waals surface area contributed by atoms with Crippen LogP contribution in [0.2, 0.25) is 0 Å². The normalized spacial score (nSPS) is 13.0. The zero-order valence-electron chi connectivity index (χ0n) is 13.6. The van der Waals surface area contributed by atoms with Crippen LogP contribution in [0, 0.1) is 0 Å². The Kier molecular flexibility index (Phi) is 5.06. The number of aromatic nitrogens is 2. The number of carbonyl (C=O) groups is 1. The van der Waals surface area contributed by atoms with E-state index in [2.05, 4.69) is 20.8 Å². The molecule has 3 aromatic rings. The smallest absolute Gasteiger partial charge is 0.276 e. The largest absolute Gasteiger partial charge is 0.384 e. The summed E-state index contributed by atoms with van der Waals surface area (Å²) in [5, 5.41) is 28.0. The lowest BCUT2D eigenvalue weighted by Gasteiger charge is -2.22. The average molecular weight is 354 g/mol. The van der Waals surface area contributed by atoms with E-state index >= 15 is 0 Å². The van der Waals surface area contributed by atoms with Gasteiger partial charge in [0.15, 0.2) is 5.69 Å². The number of para-hydroxylation sites is 1. The van der Waals surface area contributed by atoms with E-state index in [-0.39, 0.29) is 18.1 Å². The Morgan fingerprint density at radius 3 is 2.60 bits per heavy atom. The summed E-state index contributed by atoms with van der Waals surface area (Å²) in [6.07, 6.45) is 0. The highest BCUT2D eigenvalue weighted by atomic mass is 32.1. The maximum Gasteiger partial charge on any atom is 0.276 e. The predicted octanol–water partition coefficient (Wildman–Crippen LogP) is 3.11. The third-order valence-electron chi connectivity index (χ3n) is 3.69. The molecular weight excluding hydrogens is 336 g/mol. The minimum atomic E-state index is -1.01. The molecule has 0 aliphatic heterocycles. The molecule has 1 unspecified atom stereocenters. The van der Waals surface area contributed by atoms with Crippen molar-refractivity contribution in [2.75, 3.05) is 17.2 Å². The SMILES string of the molecule is CC(O)(CNc1ccc(C(=O)Nc2ccccc2)nn1)c1ccsc1. The van der Waals surface area contributed by atoms with Crippen LogP contribution in [0.5, 0.6) is 0 Å². The molecule has 0 saturated heterocycles. The molecule has 0 spiro atoms. The topological polar surface area (TPSA) is 87.1 Å². The number of amides is 1. The molecule has 0 radical (unpaired) electrons. The van der Waals surface area contributed by atoms with E-state index in [0.717, 1.165) is 5.56 Å². The molecule has 3 N–H and O–H groups in total. The summed E-state index contributed by atoms with van der Waals surface area (Å²) in [5.41, 5.74) is 0.754. The fourth-order valence-corrected chi connectivity index (χ4v) is 2.98. The van der Waals surface area contributed by atoms with Crippen molar-refractivity contribution in [3.05, 3.63) is 70.5 Å². The fraction of sp³-hybridized carbons (Fsp3) is 0.167. The van der Waals surface area contributed by atoms with Gasteiger partial charge >= 0.3 is 0 Å². The van der Waals surface area contributed by atoms with Gasteiger partial charge in [0, 0.05) is 12.2 Å². The van der Waals surface area contributed by atoms with Crippen molar-refractivity contribution in [3.63, 3.8) is 0 Å². The maximum absolute atomic E-state index is 12.1. The van der Waals surface area contributed by atoms with E-state index in [4.69, 9.17) is 0 Å². The van der Waals surface area contributed by atoms with Crippen LogP contribution in [-0.4, -0.2) is 27.8 Å². The quantitative estimate of drug-likeness (QED) is 0.633. The van der Waals surface area contributed by atoms with Gasteiger partial charge in [-0.15, -0.1) is 10.2 Å². The number of benzene rings is 1. The molecular formula is C18H18N4O2S. The van der Waals surface area contributed by atoms with Crippen LogP contribution < -0.4 is 10.6 Å². The van der Waals surface area contributed by atoms with E-state index in [0.29, 0.717) is 11.5 Å². The van der Waals surface area contributed by atoms with Crippen molar-refractivity contribution < 1.29 is 9.90 Å². The van der Waals surface area contributed by atoms with Gasteiger partial charge in [0.25, 0.3) is 5.91 Å². The van der Waals surface area contributed by atoms with Gasteiger partial charge < -0.3 is 15.7 Å². The molecule has 25 heavy (non-hydrogen) atoms. The molecule has 1 atom stereocenters. The Morgan fingerprint density at radius 1 is 1.16 bits per heavy atom.